The predicted molar refractivity (Wildman–Crippen MR) is 82.0 cm³/mol. The summed E-state index contributed by atoms with van der Waals surface area (Å²) in [7, 11) is 1.65. The Balaban J connectivity index is 1.95. The first-order valence-corrected chi connectivity index (χ1v) is 7.40. The van der Waals surface area contributed by atoms with Crippen molar-refractivity contribution in [2.75, 3.05) is 33.3 Å². The van der Waals surface area contributed by atoms with Crippen molar-refractivity contribution in [2.45, 2.75) is 19.5 Å². The number of hydrogen-bond acceptors (Lipinski definition) is 4. The number of hydrogen-bond donors (Lipinski definition) is 1. The van der Waals surface area contributed by atoms with Gasteiger partial charge in [-0.15, -0.1) is 0 Å². The molecular formula is C15H21ClN2O3. The van der Waals surface area contributed by atoms with E-state index >= 15 is 0 Å². The molecule has 2 rings (SSSR count). The van der Waals surface area contributed by atoms with Crippen molar-refractivity contribution in [1.82, 2.24) is 9.80 Å². The molecule has 6 heteroatoms. The maximum Gasteiger partial charge on any atom is 0.320 e. The van der Waals surface area contributed by atoms with Crippen LogP contribution in [0.2, 0.25) is 5.02 Å². The first-order chi connectivity index (χ1) is 10.0. The maximum atomic E-state index is 11.0. The highest BCUT2D eigenvalue weighted by Crippen LogP contribution is 2.24. The molecule has 1 heterocycles. The Morgan fingerprint density at radius 2 is 2.05 bits per heavy atom. The molecule has 0 spiro atoms. The SMILES string of the molecule is COc1ccc(Cl)cc1CN1CCN([C@@H](C)C(=O)O)CC1. The summed E-state index contributed by atoms with van der Waals surface area (Å²) in [5, 5.41) is 9.75. The summed E-state index contributed by atoms with van der Waals surface area (Å²) in [4.78, 5) is 15.3. The molecule has 0 amide bonds. The lowest BCUT2D eigenvalue weighted by atomic mass is 10.1. The molecule has 1 aromatic carbocycles. The average Bonchev–Trinajstić information content (AvgIpc) is 2.47. The van der Waals surface area contributed by atoms with Crippen LogP contribution in [0, 0.1) is 0 Å². The van der Waals surface area contributed by atoms with E-state index < -0.39 is 12.0 Å². The van der Waals surface area contributed by atoms with Crippen LogP contribution in [0.4, 0.5) is 0 Å². The number of carbonyl (C=O) groups is 1. The van der Waals surface area contributed by atoms with Crippen LogP contribution in [-0.4, -0.2) is 60.2 Å². The van der Waals surface area contributed by atoms with Crippen LogP contribution in [0.1, 0.15) is 12.5 Å². The summed E-state index contributed by atoms with van der Waals surface area (Å²) >= 11 is 6.04. The molecule has 1 aliphatic heterocycles. The van der Waals surface area contributed by atoms with Crippen molar-refractivity contribution >= 4 is 17.6 Å². The molecule has 0 saturated carbocycles. The molecule has 1 aliphatic rings. The zero-order chi connectivity index (χ0) is 15.4. The van der Waals surface area contributed by atoms with E-state index in [-0.39, 0.29) is 0 Å². The highest BCUT2D eigenvalue weighted by Gasteiger charge is 2.25. The second kappa shape index (κ2) is 7.11. The van der Waals surface area contributed by atoms with Crippen molar-refractivity contribution in [1.29, 1.82) is 0 Å². The van der Waals surface area contributed by atoms with Crippen molar-refractivity contribution in [3.63, 3.8) is 0 Å². The molecule has 1 atom stereocenters. The quantitative estimate of drug-likeness (QED) is 0.900. The Hall–Kier alpha value is -1.30. The van der Waals surface area contributed by atoms with E-state index in [9.17, 15) is 4.79 Å². The molecule has 0 radical (unpaired) electrons. The summed E-state index contributed by atoms with van der Waals surface area (Å²) in [6, 6.07) is 5.19. The number of nitrogens with zero attached hydrogens (tertiary/aromatic N) is 2. The zero-order valence-electron chi connectivity index (χ0n) is 12.4. The standard InChI is InChI=1S/C15H21ClN2O3/c1-11(15(19)20)18-7-5-17(6-8-18)10-12-9-13(16)3-4-14(12)21-2/h3-4,9,11H,5-8,10H2,1-2H3,(H,19,20)/t11-/m0/s1. The van der Waals surface area contributed by atoms with Gasteiger partial charge in [0.05, 0.1) is 7.11 Å². The van der Waals surface area contributed by atoms with E-state index in [0.29, 0.717) is 5.02 Å². The van der Waals surface area contributed by atoms with Crippen LogP contribution in [0.5, 0.6) is 5.75 Å². The van der Waals surface area contributed by atoms with E-state index in [0.717, 1.165) is 44.0 Å². The summed E-state index contributed by atoms with van der Waals surface area (Å²) in [5.41, 5.74) is 1.06. The summed E-state index contributed by atoms with van der Waals surface area (Å²) in [6.07, 6.45) is 0. The van der Waals surface area contributed by atoms with E-state index in [1.165, 1.54) is 0 Å². The van der Waals surface area contributed by atoms with Gasteiger partial charge in [0.25, 0.3) is 0 Å². The van der Waals surface area contributed by atoms with E-state index in [1.54, 1.807) is 14.0 Å². The maximum absolute atomic E-state index is 11.0. The van der Waals surface area contributed by atoms with Crippen LogP contribution < -0.4 is 4.74 Å². The number of benzene rings is 1. The van der Waals surface area contributed by atoms with Gasteiger partial charge in [0.15, 0.2) is 0 Å². The van der Waals surface area contributed by atoms with Crippen LogP contribution in [0.25, 0.3) is 0 Å². The summed E-state index contributed by atoms with van der Waals surface area (Å²) in [5.74, 6) is 0.0701. The monoisotopic (exact) mass is 312 g/mol. The van der Waals surface area contributed by atoms with Gasteiger partial charge in [0.1, 0.15) is 11.8 Å². The van der Waals surface area contributed by atoms with Crippen molar-refractivity contribution in [3.8, 4) is 5.75 Å². The third-order valence-electron chi connectivity index (χ3n) is 3.95. The fourth-order valence-electron chi connectivity index (χ4n) is 2.58. The Morgan fingerprint density at radius 1 is 1.38 bits per heavy atom. The van der Waals surface area contributed by atoms with E-state index in [1.807, 2.05) is 23.1 Å². The molecule has 1 saturated heterocycles. The number of methoxy groups -OCH3 is 1. The molecule has 5 nitrogen and oxygen atoms in total. The minimum Gasteiger partial charge on any atom is -0.496 e. The van der Waals surface area contributed by atoms with Crippen LogP contribution in [-0.2, 0) is 11.3 Å². The smallest absolute Gasteiger partial charge is 0.320 e. The van der Waals surface area contributed by atoms with Gasteiger partial charge in [-0.05, 0) is 25.1 Å². The van der Waals surface area contributed by atoms with Crippen molar-refractivity contribution in [3.05, 3.63) is 28.8 Å². The highest BCUT2D eigenvalue weighted by atomic mass is 35.5. The lowest BCUT2D eigenvalue weighted by Crippen LogP contribution is -2.51. The summed E-state index contributed by atoms with van der Waals surface area (Å²) < 4.78 is 5.36. The van der Waals surface area contributed by atoms with Gasteiger partial charge in [0.2, 0.25) is 0 Å². The fourth-order valence-corrected chi connectivity index (χ4v) is 2.77. The Morgan fingerprint density at radius 3 is 2.62 bits per heavy atom. The molecule has 21 heavy (non-hydrogen) atoms. The van der Waals surface area contributed by atoms with Crippen LogP contribution in [0.3, 0.4) is 0 Å². The van der Waals surface area contributed by atoms with E-state index in [2.05, 4.69) is 4.90 Å². The van der Waals surface area contributed by atoms with Crippen molar-refractivity contribution in [2.24, 2.45) is 0 Å². The van der Waals surface area contributed by atoms with Gasteiger partial charge >= 0.3 is 5.97 Å². The third-order valence-corrected chi connectivity index (χ3v) is 4.18. The lowest BCUT2D eigenvalue weighted by Gasteiger charge is -2.36. The van der Waals surface area contributed by atoms with Gasteiger partial charge in [0, 0.05) is 43.3 Å². The number of halogens is 1. The Bertz CT molecular complexity index is 502. The summed E-state index contributed by atoms with van der Waals surface area (Å²) in [6.45, 7) is 5.70. The zero-order valence-corrected chi connectivity index (χ0v) is 13.1. The Kier molecular flexibility index (Phi) is 5.45. The van der Waals surface area contributed by atoms with Crippen molar-refractivity contribution < 1.29 is 14.6 Å². The second-order valence-electron chi connectivity index (χ2n) is 5.28. The number of carboxylic acid groups (broad SMARTS) is 1. The molecule has 0 bridgehead atoms. The molecular weight excluding hydrogens is 292 g/mol. The fraction of sp³-hybridized carbons (Fsp3) is 0.533. The predicted octanol–water partition coefficient (Wildman–Crippen LogP) is 1.94. The molecule has 1 aromatic rings. The minimum atomic E-state index is -0.764. The topological polar surface area (TPSA) is 53.0 Å². The molecule has 0 aliphatic carbocycles. The first-order valence-electron chi connectivity index (χ1n) is 7.03. The van der Waals surface area contributed by atoms with Gasteiger partial charge in [-0.2, -0.15) is 0 Å². The largest absolute Gasteiger partial charge is 0.496 e. The number of aliphatic carboxylic acids is 1. The normalized spacial score (nSPS) is 18.4. The Labute approximate surface area is 130 Å². The number of carboxylic acids is 1. The van der Waals surface area contributed by atoms with E-state index in [4.69, 9.17) is 21.4 Å². The molecule has 1 N–H and O–H groups in total. The van der Waals surface area contributed by atoms with Crippen LogP contribution >= 0.6 is 11.6 Å². The van der Waals surface area contributed by atoms with Gasteiger partial charge in [-0.1, -0.05) is 11.6 Å². The van der Waals surface area contributed by atoms with Gasteiger partial charge < -0.3 is 9.84 Å². The lowest BCUT2D eigenvalue weighted by molar-refractivity contribution is -0.143. The van der Waals surface area contributed by atoms with Gasteiger partial charge in [-0.25, -0.2) is 0 Å². The molecule has 0 unspecified atom stereocenters. The average molecular weight is 313 g/mol. The van der Waals surface area contributed by atoms with Gasteiger partial charge in [-0.3, -0.25) is 14.6 Å². The van der Waals surface area contributed by atoms with Crippen LogP contribution in [0.15, 0.2) is 18.2 Å². The number of ether oxygens (including phenoxy) is 1. The second-order valence-corrected chi connectivity index (χ2v) is 5.72. The number of rotatable bonds is 5. The third kappa shape index (κ3) is 4.09. The molecule has 1 fully saturated rings. The number of piperazine rings is 1. The minimum absolute atomic E-state index is 0.423. The molecule has 116 valence electrons. The molecule has 0 aromatic heterocycles. The first kappa shape index (κ1) is 16.1. The highest BCUT2D eigenvalue weighted by molar-refractivity contribution is 6.30.